The lowest BCUT2D eigenvalue weighted by atomic mass is 10.1. The molecular weight excluding hydrogens is 369 g/mol. The van der Waals surface area contributed by atoms with Crippen LogP contribution in [-0.4, -0.2) is 14.3 Å². The Morgan fingerprint density at radius 1 is 1.12 bits per heavy atom. The van der Waals surface area contributed by atoms with Crippen molar-refractivity contribution < 1.29 is 13.2 Å². The molecule has 0 radical (unpaired) electrons. The van der Waals surface area contributed by atoms with E-state index < -0.39 is 15.7 Å². The second-order valence-corrected chi connectivity index (χ2v) is 7.72. The number of hydrogen-bond acceptors (Lipinski definition) is 3. The number of carbonyl (C=O) groups excluding carboxylic acids is 1. The fourth-order valence-corrected chi connectivity index (χ4v) is 3.94. The Kier molecular flexibility index (Phi) is 4.25. The third-order valence-corrected chi connectivity index (χ3v) is 5.84. The van der Waals surface area contributed by atoms with Gasteiger partial charge in [0.15, 0.2) is 0 Å². The molecule has 0 unspecified atom stereocenters. The van der Waals surface area contributed by atoms with E-state index in [1.165, 1.54) is 12.1 Å². The molecule has 1 aliphatic rings. The van der Waals surface area contributed by atoms with Crippen molar-refractivity contribution in [3.8, 4) is 0 Å². The van der Waals surface area contributed by atoms with Gasteiger partial charge in [0.25, 0.3) is 5.91 Å². The molecule has 0 aliphatic carbocycles. The standard InChI is InChI=1S/C17H11Cl2NO3S/c1-10(13-3-2-4-14(18)16(13)19)17(21)20-12-6-5-11-7-8-24(22,23)15(11)9-12/h2-9H,1H2,(H,20,21). The number of amides is 1. The SMILES string of the molecule is C=C(C(=O)Nc1ccc2c(c1)S(=O)(=O)C=C2)c1cccc(Cl)c1Cl. The van der Waals surface area contributed by atoms with Gasteiger partial charge in [-0.1, -0.05) is 48.0 Å². The third kappa shape index (κ3) is 2.98. The van der Waals surface area contributed by atoms with Gasteiger partial charge in [0.05, 0.1) is 14.9 Å². The van der Waals surface area contributed by atoms with E-state index in [4.69, 9.17) is 23.2 Å². The minimum atomic E-state index is -3.44. The van der Waals surface area contributed by atoms with Crippen LogP contribution in [0.5, 0.6) is 0 Å². The molecule has 0 saturated heterocycles. The Bertz CT molecular complexity index is 1010. The zero-order valence-electron chi connectivity index (χ0n) is 12.2. The van der Waals surface area contributed by atoms with Crippen LogP contribution in [0, 0.1) is 0 Å². The maximum Gasteiger partial charge on any atom is 0.255 e. The molecule has 0 aromatic heterocycles. The summed E-state index contributed by atoms with van der Waals surface area (Å²) in [7, 11) is -3.44. The Hall–Kier alpha value is -2.08. The van der Waals surface area contributed by atoms with Crippen molar-refractivity contribution >= 4 is 56.3 Å². The summed E-state index contributed by atoms with van der Waals surface area (Å²) in [6, 6.07) is 9.56. The van der Waals surface area contributed by atoms with Crippen molar-refractivity contribution in [1.29, 1.82) is 0 Å². The number of rotatable bonds is 3. The van der Waals surface area contributed by atoms with Crippen LogP contribution in [0.2, 0.25) is 10.0 Å². The van der Waals surface area contributed by atoms with Crippen LogP contribution in [0.25, 0.3) is 11.6 Å². The van der Waals surface area contributed by atoms with Gasteiger partial charge in [-0.25, -0.2) is 8.42 Å². The first-order valence-corrected chi connectivity index (χ1v) is 9.12. The van der Waals surface area contributed by atoms with Crippen molar-refractivity contribution in [3.05, 3.63) is 69.6 Å². The largest absolute Gasteiger partial charge is 0.322 e. The van der Waals surface area contributed by atoms with E-state index in [-0.39, 0.29) is 15.5 Å². The highest BCUT2D eigenvalue weighted by molar-refractivity contribution is 7.94. The first kappa shape index (κ1) is 16.8. The van der Waals surface area contributed by atoms with Crippen LogP contribution >= 0.6 is 23.2 Å². The maximum atomic E-state index is 12.4. The molecule has 1 heterocycles. The molecule has 4 nitrogen and oxygen atoms in total. The molecule has 0 bridgehead atoms. The second-order valence-electron chi connectivity index (χ2n) is 5.13. The number of benzene rings is 2. The summed E-state index contributed by atoms with van der Waals surface area (Å²) in [4.78, 5) is 12.5. The highest BCUT2D eigenvalue weighted by Crippen LogP contribution is 2.32. The van der Waals surface area contributed by atoms with Crippen LogP contribution in [0.1, 0.15) is 11.1 Å². The van der Waals surface area contributed by atoms with Gasteiger partial charge >= 0.3 is 0 Å². The van der Waals surface area contributed by atoms with Crippen LogP contribution in [-0.2, 0) is 14.6 Å². The van der Waals surface area contributed by atoms with Gasteiger partial charge in [0.1, 0.15) is 0 Å². The predicted octanol–water partition coefficient (Wildman–Crippen LogP) is 4.40. The molecule has 2 aromatic rings. The number of hydrogen-bond donors (Lipinski definition) is 1. The molecule has 3 rings (SSSR count). The van der Waals surface area contributed by atoms with Gasteiger partial charge in [-0.05, 0) is 29.8 Å². The van der Waals surface area contributed by atoms with Crippen molar-refractivity contribution in [2.45, 2.75) is 4.90 Å². The molecule has 0 saturated carbocycles. The van der Waals surface area contributed by atoms with E-state index >= 15 is 0 Å². The van der Waals surface area contributed by atoms with Gasteiger partial charge in [-0.3, -0.25) is 4.79 Å². The number of sulfone groups is 1. The quantitative estimate of drug-likeness (QED) is 0.803. The van der Waals surface area contributed by atoms with Gasteiger partial charge in [0.2, 0.25) is 9.84 Å². The highest BCUT2D eigenvalue weighted by atomic mass is 35.5. The summed E-state index contributed by atoms with van der Waals surface area (Å²) in [5.74, 6) is -0.498. The number of nitrogens with one attached hydrogen (secondary N) is 1. The van der Waals surface area contributed by atoms with Crippen LogP contribution in [0.15, 0.2) is 53.3 Å². The van der Waals surface area contributed by atoms with Crippen molar-refractivity contribution in [2.75, 3.05) is 5.32 Å². The molecular formula is C17H11Cl2NO3S. The topological polar surface area (TPSA) is 63.2 Å². The van der Waals surface area contributed by atoms with Crippen molar-refractivity contribution in [2.24, 2.45) is 0 Å². The van der Waals surface area contributed by atoms with Crippen LogP contribution in [0.4, 0.5) is 5.69 Å². The summed E-state index contributed by atoms with van der Waals surface area (Å²) in [6.45, 7) is 3.74. The summed E-state index contributed by atoms with van der Waals surface area (Å²) in [5.41, 5.74) is 1.48. The number of carbonyl (C=O) groups is 1. The Labute approximate surface area is 149 Å². The lowest BCUT2D eigenvalue weighted by Crippen LogP contribution is -2.13. The zero-order chi connectivity index (χ0) is 17.5. The van der Waals surface area contributed by atoms with Gasteiger partial charge in [-0.15, -0.1) is 0 Å². The molecule has 0 atom stereocenters. The number of halogens is 2. The maximum absolute atomic E-state index is 12.4. The van der Waals surface area contributed by atoms with E-state index in [0.29, 0.717) is 21.8 Å². The Morgan fingerprint density at radius 2 is 1.88 bits per heavy atom. The summed E-state index contributed by atoms with van der Waals surface area (Å²) >= 11 is 12.0. The average Bonchev–Trinajstić information content (AvgIpc) is 2.84. The molecule has 1 amide bonds. The Morgan fingerprint density at radius 3 is 2.62 bits per heavy atom. The zero-order valence-corrected chi connectivity index (χ0v) is 14.5. The van der Waals surface area contributed by atoms with Crippen molar-refractivity contribution in [1.82, 2.24) is 0 Å². The first-order valence-electron chi connectivity index (χ1n) is 6.81. The highest BCUT2D eigenvalue weighted by Gasteiger charge is 2.21. The van der Waals surface area contributed by atoms with Crippen LogP contribution in [0.3, 0.4) is 0 Å². The fourth-order valence-electron chi connectivity index (χ4n) is 2.30. The average molecular weight is 380 g/mol. The minimum absolute atomic E-state index is 0.129. The monoisotopic (exact) mass is 379 g/mol. The normalized spacial score (nSPS) is 14.2. The molecule has 1 N–H and O–H groups in total. The first-order chi connectivity index (χ1) is 11.3. The predicted molar refractivity (Wildman–Crippen MR) is 96.8 cm³/mol. The molecule has 0 fully saturated rings. The molecule has 0 spiro atoms. The summed E-state index contributed by atoms with van der Waals surface area (Å²) in [5, 5.41) is 4.31. The smallest absolute Gasteiger partial charge is 0.255 e. The second kappa shape index (κ2) is 6.09. The summed E-state index contributed by atoms with van der Waals surface area (Å²) < 4.78 is 23.8. The Balaban J connectivity index is 1.86. The van der Waals surface area contributed by atoms with Gasteiger partial charge in [-0.2, -0.15) is 0 Å². The minimum Gasteiger partial charge on any atom is -0.322 e. The molecule has 2 aromatic carbocycles. The fraction of sp³-hybridized carbons (Fsp3) is 0. The van der Waals surface area contributed by atoms with E-state index in [0.717, 1.165) is 5.41 Å². The molecule has 7 heteroatoms. The third-order valence-electron chi connectivity index (χ3n) is 3.56. The van der Waals surface area contributed by atoms with E-state index in [2.05, 4.69) is 11.9 Å². The molecule has 122 valence electrons. The lowest BCUT2D eigenvalue weighted by molar-refractivity contribution is -0.111. The van der Waals surface area contributed by atoms with E-state index in [9.17, 15) is 13.2 Å². The molecule has 1 aliphatic heterocycles. The van der Waals surface area contributed by atoms with Crippen molar-refractivity contribution in [3.63, 3.8) is 0 Å². The summed E-state index contributed by atoms with van der Waals surface area (Å²) in [6.07, 6.45) is 1.51. The molecule has 24 heavy (non-hydrogen) atoms. The van der Waals surface area contributed by atoms with E-state index in [1.807, 2.05) is 0 Å². The van der Waals surface area contributed by atoms with Gasteiger partial charge in [0, 0.05) is 22.2 Å². The van der Waals surface area contributed by atoms with Gasteiger partial charge < -0.3 is 5.32 Å². The van der Waals surface area contributed by atoms with E-state index in [1.54, 1.807) is 30.3 Å². The number of anilines is 1. The number of fused-ring (bicyclic) bond motifs is 1. The van der Waals surface area contributed by atoms with Crippen LogP contribution < -0.4 is 5.32 Å². The lowest BCUT2D eigenvalue weighted by Gasteiger charge is -2.11.